The van der Waals surface area contributed by atoms with Gasteiger partial charge in [-0.1, -0.05) is 29.3 Å². The van der Waals surface area contributed by atoms with Crippen molar-refractivity contribution in [2.75, 3.05) is 0 Å². The Morgan fingerprint density at radius 1 is 1.12 bits per heavy atom. The lowest BCUT2D eigenvalue weighted by molar-refractivity contribution is 0.287. The van der Waals surface area contributed by atoms with Gasteiger partial charge in [-0.25, -0.2) is 9.98 Å². The Hall–Kier alpha value is -2.30. The van der Waals surface area contributed by atoms with Crippen molar-refractivity contribution in [3.8, 4) is 5.82 Å². The molecule has 0 saturated heterocycles. The maximum absolute atomic E-state index is 6.35. The van der Waals surface area contributed by atoms with Gasteiger partial charge in [-0.05, 0) is 48.9 Å². The van der Waals surface area contributed by atoms with Gasteiger partial charge in [-0.2, -0.15) is 0 Å². The zero-order valence-corrected chi connectivity index (χ0v) is 14.3. The van der Waals surface area contributed by atoms with E-state index in [9.17, 15) is 0 Å². The lowest BCUT2D eigenvalue weighted by atomic mass is 10.1. The van der Waals surface area contributed by atoms with Crippen LogP contribution in [0.15, 0.2) is 53.7 Å². The van der Waals surface area contributed by atoms with E-state index in [4.69, 9.17) is 27.9 Å². The molecule has 120 valence electrons. The number of aliphatic imine (C=N–C) groups is 1. The number of aryl methyl sites for hydroxylation is 1. The van der Waals surface area contributed by atoms with Gasteiger partial charge in [0.15, 0.2) is 0 Å². The minimum atomic E-state index is 0.417. The number of ether oxygens (including phenoxy) is 1. The summed E-state index contributed by atoms with van der Waals surface area (Å²) in [6.07, 6.45) is 1.72. The molecule has 0 unspecified atom stereocenters. The zero-order valence-electron chi connectivity index (χ0n) is 12.8. The summed E-state index contributed by atoms with van der Waals surface area (Å²) in [4.78, 5) is 9.05. The van der Waals surface area contributed by atoms with Gasteiger partial charge in [0.2, 0.25) is 5.90 Å². The van der Waals surface area contributed by atoms with Crippen molar-refractivity contribution in [3.05, 3.63) is 75.7 Å². The number of nitrogens with zero attached hydrogens (tertiary/aromatic N) is 3. The van der Waals surface area contributed by atoms with E-state index < -0.39 is 0 Å². The van der Waals surface area contributed by atoms with E-state index in [1.807, 2.05) is 54.0 Å². The van der Waals surface area contributed by atoms with Crippen molar-refractivity contribution in [2.24, 2.45) is 4.99 Å². The number of rotatable bonds is 2. The van der Waals surface area contributed by atoms with Crippen molar-refractivity contribution in [3.63, 3.8) is 0 Å². The van der Waals surface area contributed by atoms with Gasteiger partial charge in [-0.3, -0.25) is 4.57 Å². The second-order valence-electron chi connectivity index (χ2n) is 5.50. The van der Waals surface area contributed by atoms with Gasteiger partial charge in [-0.15, -0.1) is 0 Å². The quantitative estimate of drug-likeness (QED) is 0.640. The molecule has 2 aromatic heterocycles. The molecule has 1 aliphatic heterocycles. The number of hydrogen-bond acceptors (Lipinski definition) is 3. The van der Waals surface area contributed by atoms with Crippen LogP contribution < -0.4 is 0 Å². The smallest absolute Gasteiger partial charge is 0.239 e. The number of aromatic nitrogens is 2. The molecule has 0 N–H and O–H groups in total. The van der Waals surface area contributed by atoms with E-state index in [0.717, 1.165) is 22.5 Å². The van der Waals surface area contributed by atoms with Crippen LogP contribution in [0.5, 0.6) is 0 Å². The lowest BCUT2D eigenvalue weighted by Crippen LogP contribution is -2.16. The van der Waals surface area contributed by atoms with E-state index in [2.05, 4.69) is 9.98 Å². The molecule has 1 aliphatic rings. The Kier molecular flexibility index (Phi) is 3.79. The van der Waals surface area contributed by atoms with Gasteiger partial charge >= 0.3 is 0 Å². The van der Waals surface area contributed by atoms with Crippen LogP contribution >= 0.6 is 23.2 Å². The number of hydrogen-bond donors (Lipinski definition) is 0. The second kappa shape index (κ2) is 5.96. The van der Waals surface area contributed by atoms with Gasteiger partial charge in [0.1, 0.15) is 23.3 Å². The number of fused-ring (bicyclic) bond motifs is 1. The molecule has 1 aromatic carbocycles. The number of benzene rings is 1. The van der Waals surface area contributed by atoms with Crippen molar-refractivity contribution >= 4 is 34.8 Å². The molecule has 0 radical (unpaired) electrons. The van der Waals surface area contributed by atoms with Crippen molar-refractivity contribution in [1.82, 2.24) is 9.55 Å². The van der Waals surface area contributed by atoms with E-state index >= 15 is 0 Å². The van der Waals surface area contributed by atoms with Crippen LogP contribution in [0.1, 0.15) is 16.8 Å². The molecule has 4 rings (SSSR count). The summed E-state index contributed by atoms with van der Waals surface area (Å²) in [5, 5.41) is 1.24. The van der Waals surface area contributed by atoms with E-state index in [0.29, 0.717) is 28.5 Å². The highest BCUT2D eigenvalue weighted by Gasteiger charge is 2.21. The summed E-state index contributed by atoms with van der Waals surface area (Å²) < 4.78 is 7.68. The Labute approximate surface area is 149 Å². The summed E-state index contributed by atoms with van der Waals surface area (Å²) in [5.41, 5.74) is 3.65. The summed E-state index contributed by atoms with van der Waals surface area (Å²) in [6.45, 7) is 2.41. The number of pyridine rings is 1. The van der Waals surface area contributed by atoms with Crippen LogP contribution in [0.25, 0.3) is 5.82 Å². The summed E-state index contributed by atoms with van der Waals surface area (Å²) in [7, 11) is 0. The standard InChI is InChI=1S/C18H13Cl2N3O/c1-11-8-13(19)9-12-10-24-18(22-17(11)12)14-5-6-15(20)23(14)16-4-2-3-7-21-16/h2-9H,10H2,1H3. The summed E-state index contributed by atoms with van der Waals surface area (Å²) in [6, 6.07) is 13.1. The minimum absolute atomic E-state index is 0.417. The van der Waals surface area contributed by atoms with Gasteiger partial charge < -0.3 is 4.74 Å². The summed E-state index contributed by atoms with van der Waals surface area (Å²) in [5.74, 6) is 1.23. The molecule has 0 aliphatic carbocycles. The first kappa shape index (κ1) is 15.2. The molecule has 0 fully saturated rings. The first-order chi connectivity index (χ1) is 11.6. The van der Waals surface area contributed by atoms with Crippen LogP contribution in [0.4, 0.5) is 5.69 Å². The third kappa shape index (κ3) is 2.58. The molecule has 4 nitrogen and oxygen atoms in total. The van der Waals surface area contributed by atoms with Crippen LogP contribution in [-0.4, -0.2) is 15.4 Å². The minimum Gasteiger partial charge on any atom is -0.471 e. The fourth-order valence-corrected chi connectivity index (χ4v) is 3.32. The van der Waals surface area contributed by atoms with E-state index in [-0.39, 0.29) is 0 Å². The molecular weight excluding hydrogens is 345 g/mol. The molecule has 0 amide bonds. The molecule has 24 heavy (non-hydrogen) atoms. The SMILES string of the molecule is Cc1cc(Cl)cc2c1N=C(c1ccc(Cl)n1-c1ccccn1)OC2. The molecule has 0 saturated carbocycles. The Morgan fingerprint density at radius 2 is 2.00 bits per heavy atom. The van der Waals surface area contributed by atoms with E-state index in [1.54, 1.807) is 6.20 Å². The van der Waals surface area contributed by atoms with Gasteiger partial charge in [0.05, 0.1) is 5.69 Å². The molecule has 3 aromatic rings. The molecule has 0 spiro atoms. The zero-order chi connectivity index (χ0) is 16.7. The summed E-state index contributed by atoms with van der Waals surface area (Å²) >= 11 is 12.5. The van der Waals surface area contributed by atoms with Crippen molar-refractivity contribution < 1.29 is 4.74 Å². The van der Waals surface area contributed by atoms with Crippen molar-refractivity contribution in [1.29, 1.82) is 0 Å². The molecule has 0 bridgehead atoms. The highest BCUT2D eigenvalue weighted by atomic mass is 35.5. The predicted octanol–water partition coefficient (Wildman–Crippen LogP) is 5.10. The van der Waals surface area contributed by atoms with Gasteiger partial charge in [0.25, 0.3) is 0 Å². The maximum atomic E-state index is 6.35. The van der Waals surface area contributed by atoms with Crippen LogP contribution in [-0.2, 0) is 11.3 Å². The largest absolute Gasteiger partial charge is 0.471 e. The Bertz CT molecular complexity index is 948. The van der Waals surface area contributed by atoms with Crippen molar-refractivity contribution in [2.45, 2.75) is 13.5 Å². The highest BCUT2D eigenvalue weighted by molar-refractivity contribution is 6.31. The molecule has 0 atom stereocenters. The first-order valence-electron chi connectivity index (χ1n) is 7.43. The Balaban J connectivity index is 1.85. The maximum Gasteiger partial charge on any atom is 0.239 e. The van der Waals surface area contributed by atoms with Gasteiger partial charge in [0, 0.05) is 16.8 Å². The topological polar surface area (TPSA) is 39.4 Å². The average Bonchev–Trinajstić information content (AvgIpc) is 2.97. The fraction of sp³-hybridized carbons (Fsp3) is 0.111. The normalized spacial score (nSPS) is 13.2. The molecular formula is C18H13Cl2N3O. The van der Waals surface area contributed by atoms with Crippen LogP contribution in [0.2, 0.25) is 10.2 Å². The lowest BCUT2D eigenvalue weighted by Gasteiger charge is -2.20. The number of halogens is 2. The monoisotopic (exact) mass is 357 g/mol. The fourth-order valence-electron chi connectivity index (χ4n) is 2.78. The highest BCUT2D eigenvalue weighted by Crippen LogP contribution is 2.33. The second-order valence-corrected chi connectivity index (χ2v) is 6.32. The Morgan fingerprint density at radius 3 is 2.79 bits per heavy atom. The van der Waals surface area contributed by atoms with Crippen LogP contribution in [0.3, 0.4) is 0 Å². The third-order valence-corrected chi connectivity index (χ3v) is 4.37. The van der Waals surface area contributed by atoms with Crippen LogP contribution in [0, 0.1) is 6.92 Å². The third-order valence-electron chi connectivity index (χ3n) is 3.85. The van der Waals surface area contributed by atoms with E-state index in [1.165, 1.54) is 0 Å². The predicted molar refractivity (Wildman–Crippen MR) is 95.7 cm³/mol. The molecule has 3 heterocycles. The average molecular weight is 358 g/mol. The first-order valence-corrected chi connectivity index (χ1v) is 8.18. The molecule has 6 heteroatoms.